The SMILES string of the molecule is O=S(=O)(CCc1cccc(C(Cc2ccccc2)CN2CCOCC2)c1)CC1CC1. The van der Waals surface area contributed by atoms with Gasteiger partial charge in [-0.05, 0) is 48.3 Å². The Morgan fingerprint density at radius 3 is 2.43 bits per heavy atom. The van der Waals surface area contributed by atoms with Gasteiger partial charge in [-0.3, -0.25) is 4.90 Å². The van der Waals surface area contributed by atoms with Crippen LogP contribution in [0.3, 0.4) is 0 Å². The van der Waals surface area contributed by atoms with Crippen molar-refractivity contribution in [2.75, 3.05) is 44.4 Å². The molecule has 0 N–H and O–H groups in total. The van der Waals surface area contributed by atoms with Crippen LogP contribution >= 0.6 is 0 Å². The molecule has 4 nitrogen and oxygen atoms in total. The van der Waals surface area contributed by atoms with Crippen molar-refractivity contribution in [2.45, 2.75) is 31.6 Å². The molecular weight excluding hydrogens is 394 g/mol. The van der Waals surface area contributed by atoms with Gasteiger partial charge >= 0.3 is 0 Å². The van der Waals surface area contributed by atoms with Crippen LogP contribution in [0.1, 0.15) is 35.4 Å². The van der Waals surface area contributed by atoms with E-state index in [9.17, 15) is 8.42 Å². The van der Waals surface area contributed by atoms with Gasteiger partial charge in [0.05, 0.1) is 24.7 Å². The van der Waals surface area contributed by atoms with Gasteiger partial charge in [0, 0.05) is 25.6 Å². The van der Waals surface area contributed by atoms with E-state index in [0.29, 0.717) is 24.0 Å². The fraction of sp³-hybridized carbons (Fsp3) is 0.520. The van der Waals surface area contributed by atoms with Gasteiger partial charge in [0.25, 0.3) is 0 Å². The Hall–Kier alpha value is -1.69. The molecule has 30 heavy (non-hydrogen) atoms. The fourth-order valence-corrected chi connectivity index (χ4v) is 6.05. The van der Waals surface area contributed by atoms with Crippen molar-refractivity contribution < 1.29 is 13.2 Å². The van der Waals surface area contributed by atoms with E-state index >= 15 is 0 Å². The minimum absolute atomic E-state index is 0.264. The lowest BCUT2D eigenvalue weighted by Crippen LogP contribution is -2.39. The average Bonchev–Trinajstić information content (AvgIpc) is 3.57. The summed E-state index contributed by atoms with van der Waals surface area (Å²) < 4.78 is 30.2. The summed E-state index contributed by atoms with van der Waals surface area (Å²) in [6.07, 6.45) is 3.76. The quantitative estimate of drug-likeness (QED) is 0.580. The minimum Gasteiger partial charge on any atom is -0.379 e. The second-order valence-electron chi connectivity index (χ2n) is 8.85. The monoisotopic (exact) mass is 427 g/mol. The normalized spacial score (nSPS) is 18.9. The number of aryl methyl sites for hydroxylation is 1. The van der Waals surface area contributed by atoms with Gasteiger partial charge < -0.3 is 4.74 Å². The largest absolute Gasteiger partial charge is 0.379 e. The Kier molecular flexibility index (Phi) is 7.24. The van der Waals surface area contributed by atoms with E-state index < -0.39 is 9.84 Å². The number of morpholine rings is 1. The van der Waals surface area contributed by atoms with Gasteiger partial charge in [0.2, 0.25) is 0 Å². The zero-order valence-corrected chi connectivity index (χ0v) is 18.5. The third kappa shape index (κ3) is 6.66. The highest BCUT2D eigenvalue weighted by molar-refractivity contribution is 7.91. The summed E-state index contributed by atoms with van der Waals surface area (Å²) in [4.78, 5) is 2.49. The molecule has 0 aromatic heterocycles. The topological polar surface area (TPSA) is 46.6 Å². The summed E-state index contributed by atoms with van der Waals surface area (Å²) in [5.41, 5.74) is 3.78. The maximum Gasteiger partial charge on any atom is 0.150 e. The summed E-state index contributed by atoms with van der Waals surface area (Å²) >= 11 is 0. The van der Waals surface area contributed by atoms with E-state index in [1.807, 2.05) is 0 Å². The first-order chi connectivity index (χ1) is 14.6. The van der Waals surface area contributed by atoms with Crippen LogP contribution in [-0.4, -0.2) is 57.7 Å². The van der Waals surface area contributed by atoms with Crippen molar-refractivity contribution in [3.63, 3.8) is 0 Å². The van der Waals surface area contributed by atoms with E-state index in [1.165, 1.54) is 11.1 Å². The van der Waals surface area contributed by atoms with Gasteiger partial charge in [-0.25, -0.2) is 8.42 Å². The van der Waals surface area contributed by atoms with Gasteiger partial charge in [-0.1, -0.05) is 54.6 Å². The van der Waals surface area contributed by atoms with E-state index in [2.05, 4.69) is 59.5 Å². The van der Waals surface area contributed by atoms with Crippen molar-refractivity contribution in [2.24, 2.45) is 5.92 Å². The van der Waals surface area contributed by atoms with Crippen molar-refractivity contribution in [3.05, 3.63) is 71.3 Å². The number of ether oxygens (including phenoxy) is 1. The number of rotatable bonds is 10. The van der Waals surface area contributed by atoms with Crippen LogP contribution in [0.4, 0.5) is 0 Å². The summed E-state index contributed by atoms with van der Waals surface area (Å²) in [7, 11) is -2.94. The van der Waals surface area contributed by atoms with E-state index in [1.54, 1.807) is 0 Å². The molecule has 4 rings (SSSR count). The predicted octanol–water partition coefficient (Wildman–Crippen LogP) is 3.71. The molecule has 0 amide bonds. The zero-order valence-electron chi connectivity index (χ0n) is 17.7. The van der Waals surface area contributed by atoms with Crippen molar-refractivity contribution in [1.29, 1.82) is 0 Å². The predicted molar refractivity (Wildman–Crippen MR) is 122 cm³/mol. The highest BCUT2D eigenvalue weighted by Gasteiger charge is 2.27. The van der Waals surface area contributed by atoms with E-state index in [0.717, 1.165) is 57.7 Å². The second-order valence-corrected chi connectivity index (χ2v) is 11.1. The maximum atomic E-state index is 12.4. The van der Waals surface area contributed by atoms with Crippen LogP contribution in [0.25, 0.3) is 0 Å². The third-order valence-corrected chi connectivity index (χ3v) is 8.02. The number of hydrogen-bond donors (Lipinski definition) is 0. The van der Waals surface area contributed by atoms with Gasteiger partial charge in [0.15, 0.2) is 9.84 Å². The molecule has 1 aliphatic carbocycles. The van der Waals surface area contributed by atoms with E-state index in [-0.39, 0.29) is 5.75 Å². The minimum atomic E-state index is -2.94. The molecule has 0 bridgehead atoms. The Morgan fingerprint density at radius 1 is 0.967 bits per heavy atom. The number of nitrogens with zero attached hydrogens (tertiary/aromatic N) is 1. The molecule has 1 saturated heterocycles. The molecule has 2 fully saturated rings. The van der Waals surface area contributed by atoms with E-state index in [4.69, 9.17) is 4.74 Å². The summed E-state index contributed by atoms with van der Waals surface area (Å²) in [6, 6.07) is 19.3. The van der Waals surface area contributed by atoms with Crippen LogP contribution in [-0.2, 0) is 27.4 Å². The number of hydrogen-bond acceptors (Lipinski definition) is 4. The van der Waals surface area contributed by atoms with Crippen LogP contribution in [0.2, 0.25) is 0 Å². The molecular formula is C25H33NO3S. The summed E-state index contributed by atoms with van der Waals surface area (Å²) in [5.74, 6) is 1.44. The molecule has 1 aliphatic heterocycles. The molecule has 1 unspecified atom stereocenters. The molecule has 0 spiro atoms. The molecule has 0 radical (unpaired) electrons. The van der Waals surface area contributed by atoms with Gasteiger partial charge in [0.1, 0.15) is 0 Å². The second kappa shape index (κ2) is 10.1. The van der Waals surface area contributed by atoms with Gasteiger partial charge in [-0.15, -0.1) is 0 Å². The molecule has 1 heterocycles. The first kappa shape index (κ1) is 21.5. The van der Waals surface area contributed by atoms with Crippen LogP contribution in [0, 0.1) is 5.92 Å². The Labute approximate surface area is 181 Å². The first-order valence-electron chi connectivity index (χ1n) is 11.2. The van der Waals surface area contributed by atoms with Gasteiger partial charge in [-0.2, -0.15) is 0 Å². The van der Waals surface area contributed by atoms with Crippen LogP contribution in [0.15, 0.2) is 54.6 Å². The Morgan fingerprint density at radius 2 is 1.70 bits per heavy atom. The first-order valence-corrected chi connectivity index (χ1v) is 13.0. The molecule has 162 valence electrons. The third-order valence-electron chi connectivity index (χ3n) is 6.22. The standard InChI is InChI=1S/C25H33NO3S/c27-30(28,20-23-9-10-23)16-11-22-7-4-8-24(17-22)25(18-21-5-2-1-3-6-21)19-26-12-14-29-15-13-26/h1-8,17,23,25H,9-16,18-20H2. The summed E-state index contributed by atoms with van der Waals surface area (Å²) in [5, 5.41) is 0. The van der Waals surface area contributed by atoms with Crippen molar-refractivity contribution in [3.8, 4) is 0 Å². The number of sulfone groups is 1. The van der Waals surface area contributed by atoms with Crippen LogP contribution < -0.4 is 0 Å². The van der Waals surface area contributed by atoms with Crippen molar-refractivity contribution >= 4 is 9.84 Å². The lowest BCUT2D eigenvalue weighted by atomic mass is 9.90. The molecule has 2 aromatic carbocycles. The molecule has 5 heteroatoms. The molecule has 1 saturated carbocycles. The zero-order chi connectivity index (χ0) is 20.8. The summed E-state index contributed by atoms with van der Waals surface area (Å²) in [6.45, 7) is 4.56. The lowest BCUT2D eigenvalue weighted by molar-refractivity contribution is 0.0350. The number of benzene rings is 2. The maximum absolute atomic E-state index is 12.4. The fourth-order valence-electron chi connectivity index (χ4n) is 4.28. The lowest BCUT2D eigenvalue weighted by Gasteiger charge is -2.31. The molecule has 1 atom stereocenters. The average molecular weight is 428 g/mol. The van der Waals surface area contributed by atoms with Crippen molar-refractivity contribution in [1.82, 2.24) is 4.90 Å². The highest BCUT2D eigenvalue weighted by atomic mass is 32.2. The van der Waals surface area contributed by atoms with Crippen LogP contribution in [0.5, 0.6) is 0 Å². The molecule has 2 aliphatic rings. The Balaban J connectivity index is 1.46. The Bertz CT molecular complexity index is 903. The smallest absolute Gasteiger partial charge is 0.150 e. The molecule has 2 aromatic rings. The highest BCUT2D eigenvalue weighted by Crippen LogP contribution is 2.30.